The third-order valence-corrected chi connectivity index (χ3v) is 5.06. The maximum absolute atomic E-state index is 11.5. The van der Waals surface area contributed by atoms with E-state index in [0.29, 0.717) is 36.0 Å². The van der Waals surface area contributed by atoms with Crippen molar-refractivity contribution in [3.8, 4) is 0 Å². The van der Waals surface area contributed by atoms with Gasteiger partial charge in [-0.15, -0.1) is 0 Å². The minimum absolute atomic E-state index is 0.216. The first kappa shape index (κ1) is 20.9. The molecule has 7 heteroatoms. The van der Waals surface area contributed by atoms with Crippen molar-refractivity contribution in [3.63, 3.8) is 0 Å². The van der Waals surface area contributed by atoms with Gasteiger partial charge in [0.05, 0.1) is 5.56 Å². The molecule has 1 saturated carbocycles. The fourth-order valence-corrected chi connectivity index (χ4v) is 3.28. The molecule has 2 heterocycles. The second-order valence-corrected chi connectivity index (χ2v) is 7.17. The molecule has 0 radical (unpaired) electrons. The largest absolute Gasteiger partial charge is 0.478 e. The highest BCUT2D eigenvalue weighted by Crippen LogP contribution is 2.20. The van der Waals surface area contributed by atoms with Crippen LogP contribution in [0.15, 0.2) is 18.5 Å². The van der Waals surface area contributed by atoms with Gasteiger partial charge in [0.1, 0.15) is 5.65 Å². The van der Waals surface area contributed by atoms with E-state index in [1.54, 1.807) is 12.3 Å². The van der Waals surface area contributed by atoms with E-state index in [2.05, 4.69) is 29.1 Å². The van der Waals surface area contributed by atoms with Gasteiger partial charge >= 0.3 is 5.97 Å². The highest BCUT2D eigenvalue weighted by molar-refractivity contribution is 6.03. The average molecular weight is 374 g/mol. The summed E-state index contributed by atoms with van der Waals surface area (Å²) in [6.07, 6.45) is 9.78. The van der Waals surface area contributed by atoms with E-state index in [1.807, 2.05) is 0 Å². The number of H-pyrrole nitrogens is 1. The molecule has 0 aromatic carbocycles. The Balaban J connectivity index is 0.000000194. The lowest BCUT2D eigenvalue weighted by molar-refractivity contribution is -0.122. The van der Waals surface area contributed by atoms with Crippen LogP contribution in [0.25, 0.3) is 11.0 Å². The monoisotopic (exact) mass is 374 g/mol. The summed E-state index contributed by atoms with van der Waals surface area (Å²) in [6, 6.07) is 2.21. The summed E-state index contributed by atoms with van der Waals surface area (Å²) >= 11 is 0. The summed E-state index contributed by atoms with van der Waals surface area (Å²) in [7, 11) is 0. The number of nitrogens with two attached hydrogens (primary N) is 1. The first-order valence-electron chi connectivity index (χ1n) is 9.63. The second kappa shape index (κ2) is 10.1. The van der Waals surface area contributed by atoms with Crippen molar-refractivity contribution in [3.05, 3.63) is 29.6 Å². The number of aromatic nitrogens is 2. The molecule has 3 rings (SSSR count). The van der Waals surface area contributed by atoms with Crippen LogP contribution in [0.5, 0.6) is 0 Å². The number of pyridine rings is 1. The van der Waals surface area contributed by atoms with E-state index >= 15 is 0 Å². The van der Waals surface area contributed by atoms with Crippen LogP contribution in [0.3, 0.4) is 0 Å². The Morgan fingerprint density at radius 3 is 2.70 bits per heavy atom. The molecular formula is C20H30N4O3. The van der Waals surface area contributed by atoms with Crippen LogP contribution in [-0.2, 0) is 11.3 Å². The molecule has 1 atom stereocenters. The predicted molar refractivity (Wildman–Crippen MR) is 105 cm³/mol. The highest BCUT2D eigenvalue weighted by atomic mass is 16.4. The average Bonchev–Trinajstić information content (AvgIpc) is 3.31. The van der Waals surface area contributed by atoms with Crippen LogP contribution in [-0.4, -0.2) is 33.0 Å². The van der Waals surface area contributed by atoms with Gasteiger partial charge in [0.15, 0.2) is 0 Å². The zero-order chi connectivity index (χ0) is 19.8. The number of aromatic carboxylic acids is 1. The summed E-state index contributed by atoms with van der Waals surface area (Å²) in [5.74, 6) is -0.193. The van der Waals surface area contributed by atoms with Gasteiger partial charge in [0.25, 0.3) is 0 Å². The number of carbonyl (C=O) groups excluding carboxylic acids is 1. The molecular weight excluding hydrogens is 344 g/mol. The number of carbonyl (C=O) groups is 2. The smallest absolute Gasteiger partial charge is 0.337 e. The molecule has 148 valence electrons. The van der Waals surface area contributed by atoms with Crippen molar-refractivity contribution in [2.24, 2.45) is 11.7 Å². The summed E-state index contributed by atoms with van der Waals surface area (Å²) < 4.78 is 0. The van der Waals surface area contributed by atoms with Crippen molar-refractivity contribution >= 4 is 22.9 Å². The van der Waals surface area contributed by atoms with Crippen LogP contribution in [0.1, 0.15) is 68.3 Å². The molecule has 7 nitrogen and oxygen atoms in total. The van der Waals surface area contributed by atoms with Crippen LogP contribution < -0.4 is 11.1 Å². The van der Waals surface area contributed by atoms with Crippen molar-refractivity contribution in [1.82, 2.24) is 15.3 Å². The van der Waals surface area contributed by atoms with Gasteiger partial charge in [-0.25, -0.2) is 9.78 Å². The van der Waals surface area contributed by atoms with E-state index in [4.69, 9.17) is 10.8 Å². The lowest BCUT2D eigenvalue weighted by Crippen LogP contribution is -2.33. The molecule has 1 fully saturated rings. The maximum atomic E-state index is 11.5. The molecule has 2 aromatic heterocycles. The molecule has 0 bridgehead atoms. The lowest BCUT2D eigenvalue weighted by Gasteiger charge is -2.13. The molecule has 0 spiro atoms. The van der Waals surface area contributed by atoms with E-state index in [-0.39, 0.29) is 11.5 Å². The molecule has 1 aliphatic rings. The van der Waals surface area contributed by atoms with E-state index in [9.17, 15) is 9.59 Å². The molecule has 5 N–H and O–H groups in total. The lowest BCUT2D eigenvalue weighted by atomic mass is 10.0. The number of nitrogens with one attached hydrogen (secondary N) is 2. The zero-order valence-corrected chi connectivity index (χ0v) is 16.1. The minimum Gasteiger partial charge on any atom is -0.478 e. The van der Waals surface area contributed by atoms with Crippen LogP contribution in [0.4, 0.5) is 0 Å². The molecule has 0 saturated heterocycles. The number of hydrogen-bond donors (Lipinski definition) is 4. The van der Waals surface area contributed by atoms with Crippen molar-refractivity contribution < 1.29 is 14.7 Å². The van der Waals surface area contributed by atoms with Crippen LogP contribution in [0.2, 0.25) is 0 Å². The van der Waals surface area contributed by atoms with Gasteiger partial charge in [-0.1, -0.05) is 33.1 Å². The molecule has 2 aromatic rings. The van der Waals surface area contributed by atoms with Gasteiger partial charge in [0, 0.05) is 36.8 Å². The standard InChI is InChI=1S/C11H21NO.C9H9N3O2/c1-3-9(2)8-11(13)12-10-6-4-5-7-10;10-3-5-1-2-11-8-7(5)6(4-12-8)9(13)14/h9-10H,3-8H2,1-2H3,(H,12,13);1-2,4H,3,10H2,(H,11,12)(H,13,14). The van der Waals surface area contributed by atoms with Gasteiger partial charge in [-0.2, -0.15) is 0 Å². The summed E-state index contributed by atoms with van der Waals surface area (Å²) in [4.78, 5) is 29.1. The Morgan fingerprint density at radius 1 is 1.41 bits per heavy atom. The van der Waals surface area contributed by atoms with E-state index < -0.39 is 5.97 Å². The summed E-state index contributed by atoms with van der Waals surface area (Å²) in [5, 5.41) is 12.6. The third kappa shape index (κ3) is 5.79. The van der Waals surface area contributed by atoms with Crippen molar-refractivity contribution in [1.29, 1.82) is 0 Å². The number of fused-ring (bicyclic) bond motifs is 1. The molecule has 1 unspecified atom stereocenters. The van der Waals surface area contributed by atoms with Gasteiger partial charge in [-0.3, -0.25) is 4.79 Å². The molecule has 27 heavy (non-hydrogen) atoms. The van der Waals surface area contributed by atoms with Crippen molar-refractivity contribution in [2.75, 3.05) is 0 Å². The van der Waals surface area contributed by atoms with Gasteiger partial charge in [-0.05, 0) is 30.4 Å². The van der Waals surface area contributed by atoms with Gasteiger partial charge in [0.2, 0.25) is 5.91 Å². The Hall–Kier alpha value is -2.41. The normalized spacial score (nSPS) is 15.2. The number of amides is 1. The highest BCUT2D eigenvalue weighted by Gasteiger charge is 2.17. The van der Waals surface area contributed by atoms with Gasteiger partial charge < -0.3 is 21.1 Å². The SMILES string of the molecule is CCC(C)CC(=O)NC1CCCC1.NCc1ccnc2[nH]cc(C(=O)O)c12. The maximum Gasteiger partial charge on any atom is 0.337 e. The number of nitrogens with zero attached hydrogens (tertiary/aromatic N) is 1. The Bertz CT molecular complexity index is 766. The molecule has 1 amide bonds. The fraction of sp³-hybridized carbons (Fsp3) is 0.550. The molecule has 1 aliphatic carbocycles. The molecule has 0 aliphatic heterocycles. The van der Waals surface area contributed by atoms with E-state index in [0.717, 1.165) is 12.0 Å². The van der Waals surface area contributed by atoms with Crippen molar-refractivity contribution in [2.45, 2.75) is 65.0 Å². The predicted octanol–water partition coefficient (Wildman–Crippen LogP) is 3.20. The number of rotatable bonds is 6. The van der Waals surface area contributed by atoms with Crippen LogP contribution in [0, 0.1) is 5.92 Å². The topological polar surface area (TPSA) is 121 Å². The number of hydrogen-bond acceptors (Lipinski definition) is 4. The fourth-order valence-electron chi connectivity index (χ4n) is 3.28. The Labute approximate surface area is 159 Å². The second-order valence-electron chi connectivity index (χ2n) is 7.17. The first-order valence-corrected chi connectivity index (χ1v) is 9.63. The Morgan fingerprint density at radius 2 is 2.11 bits per heavy atom. The van der Waals surface area contributed by atoms with E-state index in [1.165, 1.54) is 31.9 Å². The summed E-state index contributed by atoms with van der Waals surface area (Å²) in [6.45, 7) is 4.57. The summed E-state index contributed by atoms with van der Waals surface area (Å²) in [5.41, 5.74) is 7.07. The number of carboxylic acid groups (broad SMARTS) is 1. The first-order chi connectivity index (χ1) is 13.0. The minimum atomic E-state index is -0.973. The van der Waals surface area contributed by atoms with Crippen LogP contribution >= 0.6 is 0 Å². The quantitative estimate of drug-likeness (QED) is 0.619. The number of aromatic amines is 1. The zero-order valence-electron chi connectivity index (χ0n) is 16.1. The number of carboxylic acids is 1. The Kier molecular flexibility index (Phi) is 7.79. The third-order valence-electron chi connectivity index (χ3n) is 5.06.